The molecule has 6 nitrogen and oxygen atoms in total. The summed E-state index contributed by atoms with van der Waals surface area (Å²) >= 11 is 0. The van der Waals surface area contributed by atoms with Crippen molar-refractivity contribution in [2.75, 3.05) is 25.6 Å². The number of carbonyl (C=O) groups excluding carboxylic acids is 2. The standard InChI is InChI=1S/C26H28N2O4/c1-19(32-22-15-13-21(31-3)14-16-22)26(30)28(2)24-12-8-7-11-23(24)25(29)27-18-17-20-9-5-4-6-10-20/h4-16,19H,17-18H2,1-3H3,(H,27,29). The number of hydrogen-bond donors (Lipinski definition) is 1. The molecule has 0 radical (unpaired) electrons. The van der Waals surface area contributed by atoms with Gasteiger partial charge in [-0.3, -0.25) is 9.59 Å². The number of nitrogens with zero attached hydrogens (tertiary/aromatic N) is 1. The maximum atomic E-state index is 13.0. The van der Waals surface area contributed by atoms with Crippen molar-refractivity contribution < 1.29 is 19.1 Å². The van der Waals surface area contributed by atoms with Crippen LogP contribution in [0.25, 0.3) is 0 Å². The average molecular weight is 433 g/mol. The zero-order valence-electron chi connectivity index (χ0n) is 18.6. The highest BCUT2D eigenvalue weighted by Gasteiger charge is 2.24. The van der Waals surface area contributed by atoms with Crippen LogP contribution in [0.2, 0.25) is 0 Å². The first-order valence-corrected chi connectivity index (χ1v) is 10.5. The normalized spacial score (nSPS) is 11.3. The van der Waals surface area contributed by atoms with Crippen molar-refractivity contribution >= 4 is 17.5 Å². The van der Waals surface area contributed by atoms with Gasteiger partial charge >= 0.3 is 0 Å². The van der Waals surface area contributed by atoms with Gasteiger partial charge in [-0.1, -0.05) is 42.5 Å². The van der Waals surface area contributed by atoms with Gasteiger partial charge in [-0.05, 0) is 55.3 Å². The van der Waals surface area contributed by atoms with Gasteiger partial charge in [-0.25, -0.2) is 0 Å². The van der Waals surface area contributed by atoms with Crippen LogP contribution in [0, 0.1) is 0 Å². The lowest BCUT2D eigenvalue weighted by Crippen LogP contribution is -2.39. The second kappa shape index (κ2) is 11.0. The molecule has 6 heteroatoms. The Morgan fingerprint density at radius 2 is 1.53 bits per heavy atom. The van der Waals surface area contributed by atoms with E-state index in [9.17, 15) is 9.59 Å². The number of carbonyl (C=O) groups is 2. The van der Waals surface area contributed by atoms with Crippen molar-refractivity contribution in [2.45, 2.75) is 19.4 Å². The topological polar surface area (TPSA) is 67.9 Å². The van der Waals surface area contributed by atoms with Gasteiger partial charge in [0.2, 0.25) is 0 Å². The van der Waals surface area contributed by atoms with Gasteiger partial charge < -0.3 is 19.7 Å². The Kier molecular flexibility index (Phi) is 7.86. The van der Waals surface area contributed by atoms with E-state index in [2.05, 4.69) is 5.32 Å². The summed E-state index contributed by atoms with van der Waals surface area (Å²) in [7, 11) is 3.23. The number of amides is 2. The van der Waals surface area contributed by atoms with Gasteiger partial charge in [0.05, 0.1) is 18.4 Å². The molecule has 3 aromatic carbocycles. The molecular weight excluding hydrogens is 404 g/mol. The van der Waals surface area contributed by atoms with Crippen molar-refractivity contribution in [3.05, 3.63) is 90.0 Å². The van der Waals surface area contributed by atoms with E-state index >= 15 is 0 Å². The first-order valence-electron chi connectivity index (χ1n) is 10.5. The summed E-state index contributed by atoms with van der Waals surface area (Å²) in [5.74, 6) is 0.790. The number of likely N-dealkylation sites (N-methyl/N-ethyl adjacent to an activating group) is 1. The van der Waals surface area contributed by atoms with Crippen LogP contribution in [-0.2, 0) is 11.2 Å². The number of benzene rings is 3. The van der Waals surface area contributed by atoms with Gasteiger partial charge in [-0.2, -0.15) is 0 Å². The fraction of sp³-hybridized carbons (Fsp3) is 0.231. The average Bonchev–Trinajstić information content (AvgIpc) is 2.84. The van der Waals surface area contributed by atoms with E-state index in [1.807, 2.05) is 30.3 Å². The van der Waals surface area contributed by atoms with Crippen molar-refractivity contribution in [1.29, 1.82) is 0 Å². The van der Waals surface area contributed by atoms with Crippen LogP contribution in [0.5, 0.6) is 11.5 Å². The molecule has 2 amide bonds. The van der Waals surface area contributed by atoms with Gasteiger partial charge in [0, 0.05) is 13.6 Å². The van der Waals surface area contributed by atoms with E-state index < -0.39 is 6.10 Å². The van der Waals surface area contributed by atoms with Gasteiger partial charge in [0.1, 0.15) is 11.5 Å². The van der Waals surface area contributed by atoms with E-state index in [-0.39, 0.29) is 11.8 Å². The lowest BCUT2D eigenvalue weighted by molar-refractivity contribution is -0.124. The SMILES string of the molecule is COc1ccc(OC(C)C(=O)N(C)c2ccccc2C(=O)NCCc2ccccc2)cc1. The molecule has 32 heavy (non-hydrogen) atoms. The molecule has 0 aliphatic heterocycles. The van der Waals surface area contributed by atoms with Crippen molar-refractivity contribution in [1.82, 2.24) is 5.32 Å². The lowest BCUT2D eigenvalue weighted by atomic mass is 10.1. The number of ether oxygens (including phenoxy) is 2. The lowest BCUT2D eigenvalue weighted by Gasteiger charge is -2.24. The molecule has 3 rings (SSSR count). The molecule has 0 bridgehead atoms. The number of nitrogens with one attached hydrogen (secondary N) is 1. The number of para-hydroxylation sites is 1. The van der Waals surface area contributed by atoms with Crippen LogP contribution >= 0.6 is 0 Å². The third kappa shape index (κ3) is 5.88. The minimum atomic E-state index is -0.734. The van der Waals surface area contributed by atoms with Crippen LogP contribution in [0.4, 0.5) is 5.69 Å². The minimum Gasteiger partial charge on any atom is -0.497 e. The summed E-state index contributed by atoms with van der Waals surface area (Å²) in [4.78, 5) is 27.3. The van der Waals surface area contributed by atoms with Crippen LogP contribution < -0.4 is 19.7 Å². The smallest absolute Gasteiger partial charge is 0.267 e. The first-order chi connectivity index (χ1) is 15.5. The van der Waals surface area contributed by atoms with E-state index in [1.54, 1.807) is 69.6 Å². The van der Waals surface area contributed by atoms with E-state index in [0.29, 0.717) is 29.3 Å². The van der Waals surface area contributed by atoms with Crippen LogP contribution in [-0.4, -0.2) is 38.6 Å². The molecule has 1 atom stereocenters. The largest absolute Gasteiger partial charge is 0.497 e. The first kappa shape index (κ1) is 22.9. The fourth-order valence-electron chi connectivity index (χ4n) is 3.32. The second-order valence-corrected chi connectivity index (χ2v) is 7.34. The molecule has 0 saturated heterocycles. The van der Waals surface area contributed by atoms with E-state index in [1.165, 1.54) is 4.90 Å². The zero-order valence-corrected chi connectivity index (χ0v) is 18.6. The Bertz CT molecular complexity index is 1040. The van der Waals surface area contributed by atoms with Gasteiger partial charge in [0.25, 0.3) is 11.8 Å². The van der Waals surface area contributed by atoms with Gasteiger partial charge in [0.15, 0.2) is 6.10 Å². The van der Waals surface area contributed by atoms with Crippen LogP contribution in [0.3, 0.4) is 0 Å². The molecule has 3 aromatic rings. The summed E-state index contributed by atoms with van der Waals surface area (Å²) < 4.78 is 10.9. The maximum Gasteiger partial charge on any atom is 0.267 e. The number of rotatable bonds is 9. The van der Waals surface area contributed by atoms with E-state index in [0.717, 1.165) is 12.0 Å². The molecule has 1 N–H and O–H groups in total. The Labute approximate surface area is 188 Å². The third-order valence-electron chi connectivity index (χ3n) is 5.10. The zero-order chi connectivity index (χ0) is 22.9. The van der Waals surface area contributed by atoms with Crippen LogP contribution in [0.15, 0.2) is 78.9 Å². The predicted molar refractivity (Wildman–Crippen MR) is 125 cm³/mol. The monoisotopic (exact) mass is 432 g/mol. The summed E-state index contributed by atoms with van der Waals surface area (Å²) in [6.07, 6.45) is -0.00132. The molecule has 0 aromatic heterocycles. The molecule has 0 saturated carbocycles. The highest BCUT2D eigenvalue weighted by molar-refractivity contribution is 6.05. The Balaban J connectivity index is 1.64. The molecule has 0 aliphatic carbocycles. The van der Waals surface area contributed by atoms with Gasteiger partial charge in [-0.15, -0.1) is 0 Å². The molecule has 166 valence electrons. The molecule has 0 heterocycles. The second-order valence-electron chi connectivity index (χ2n) is 7.34. The molecule has 0 aliphatic rings. The summed E-state index contributed by atoms with van der Waals surface area (Å²) in [5.41, 5.74) is 2.12. The Morgan fingerprint density at radius 1 is 0.906 bits per heavy atom. The molecule has 0 spiro atoms. The summed E-state index contributed by atoms with van der Waals surface area (Å²) in [6.45, 7) is 2.19. The molecular formula is C26H28N2O4. The molecule has 1 unspecified atom stereocenters. The summed E-state index contributed by atoms with van der Waals surface area (Å²) in [6, 6.07) is 24.0. The minimum absolute atomic E-state index is 0.222. The van der Waals surface area contributed by atoms with E-state index in [4.69, 9.17) is 9.47 Å². The number of methoxy groups -OCH3 is 1. The van der Waals surface area contributed by atoms with Crippen molar-refractivity contribution in [3.8, 4) is 11.5 Å². The fourth-order valence-corrected chi connectivity index (χ4v) is 3.32. The Hall–Kier alpha value is -3.80. The maximum absolute atomic E-state index is 13.0. The van der Waals surface area contributed by atoms with Crippen molar-refractivity contribution in [2.24, 2.45) is 0 Å². The third-order valence-corrected chi connectivity index (χ3v) is 5.10. The summed E-state index contributed by atoms with van der Waals surface area (Å²) in [5, 5.41) is 2.94. The number of hydrogen-bond acceptors (Lipinski definition) is 4. The highest BCUT2D eigenvalue weighted by atomic mass is 16.5. The quantitative estimate of drug-likeness (QED) is 0.553. The van der Waals surface area contributed by atoms with Crippen LogP contribution in [0.1, 0.15) is 22.8 Å². The Morgan fingerprint density at radius 3 is 2.22 bits per heavy atom. The highest BCUT2D eigenvalue weighted by Crippen LogP contribution is 2.22. The molecule has 0 fully saturated rings. The van der Waals surface area contributed by atoms with Crippen molar-refractivity contribution in [3.63, 3.8) is 0 Å². The predicted octanol–water partition coefficient (Wildman–Crippen LogP) is 4.10. The number of anilines is 1.